The van der Waals surface area contributed by atoms with Crippen LogP contribution in [0.15, 0.2) is 70.0 Å². The van der Waals surface area contributed by atoms with Gasteiger partial charge in [-0.05, 0) is 111 Å². The van der Waals surface area contributed by atoms with Crippen molar-refractivity contribution in [1.29, 1.82) is 0 Å². The zero-order valence-corrected chi connectivity index (χ0v) is 24.4. The average molecular weight is 747 g/mol. The van der Waals surface area contributed by atoms with Gasteiger partial charge in [-0.15, -0.1) is 0 Å². The van der Waals surface area contributed by atoms with Crippen LogP contribution in [0.3, 0.4) is 0 Å². The number of rotatable bonds is 7. The molecular weight excluding hydrogens is 726 g/mol. The molecule has 3 aromatic rings. The molecular formula is C25H21BrI2N2O2S. The fourth-order valence-electron chi connectivity index (χ4n) is 3.24. The van der Waals surface area contributed by atoms with Crippen molar-refractivity contribution < 1.29 is 9.53 Å². The van der Waals surface area contributed by atoms with Crippen molar-refractivity contribution in [1.82, 2.24) is 5.32 Å². The molecule has 1 fully saturated rings. The van der Waals surface area contributed by atoms with E-state index in [1.807, 2.05) is 54.6 Å². The molecule has 0 bridgehead atoms. The Bertz CT molecular complexity index is 1160. The Hall–Kier alpha value is -1.24. The number of carbonyl (C=O) groups is 1. The Kier molecular flexibility index (Phi) is 8.64. The van der Waals surface area contributed by atoms with Crippen LogP contribution in [0, 0.1) is 7.14 Å². The van der Waals surface area contributed by atoms with Gasteiger partial charge in [0.15, 0.2) is 5.50 Å². The quantitative estimate of drug-likeness (QED) is 0.196. The summed E-state index contributed by atoms with van der Waals surface area (Å²) in [5, 5.41) is 6.37. The smallest absolute Gasteiger partial charge is 0.260 e. The van der Waals surface area contributed by atoms with Crippen molar-refractivity contribution in [3.05, 3.63) is 93.9 Å². The van der Waals surface area contributed by atoms with E-state index in [0.717, 1.165) is 40.6 Å². The van der Waals surface area contributed by atoms with Gasteiger partial charge in [-0.2, -0.15) is 0 Å². The number of aryl methyl sites for hydroxylation is 1. The Morgan fingerprint density at radius 2 is 1.70 bits per heavy atom. The van der Waals surface area contributed by atoms with Crippen molar-refractivity contribution in [2.75, 3.05) is 5.32 Å². The van der Waals surface area contributed by atoms with Gasteiger partial charge in [0.2, 0.25) is 0 Å². The highest BCUT2D eigenvalue weighted by atomic mass is 127. The SMILES string of the molecule is CCc1ccc(N[C@H]2NC(=O)/C(=C/c3cc(I)c(OCc4ccc(Br)cc4)c(I)c3)S2)cc1. The topological polar surface area (TPSA) is 50.4 Å². The molecule has 1 aliphatic rings. The summed E-state index contributed by atoms with van der Waals surface area (Å²) in [6.07, 6.45) is 2.94. The molecule has 170 valence electrons. The normalized spacial score (nSPS) is 16.7. The highest BCUT2D eigenvalue weighted by molar-refractivity contribution is 14.1. The van der Waals surface area contributed by atoms with Crippen molar-refractivity contribution >= 4 is 90.5 Å². The summed E-state index contributed by atoms with van der Waals surface area (Å²) >= 11 is 9.53. The maximum Gasteiger partial charge on any atom is 0.260 e. The molecule has 1 saturated heterocycles. The van der Waals surface area contributed by atoms with E-state index >= 15 is 0 Å². The number of benzene rings is 3. The highest BCUT2D eigenvalue weighted by Gasteiger charge is 2.27. The van der Waals surface area contributed by atoms with Crippen molar-refractivity contribution in [3.8, 4) is 5.75 Å². The second-order valence-electron chi connectivity index (χ2n) is 7.40. The van der Waals surface area contributed by atoms with Crippen LogP contribution in [0.1, 0.15) is 23.6 Å². The summed E-state index contributed by atoms with van der Waals surface area (Å²) in [4.78, 5) is 13.2. The molecule has 0 unspecified atom stereocenters. The first-order valence-electron chi connectivity index (χ1n) is 10.3. The fraction of sp³-hybridized carbons (Fsp3) is 0.160. The van der Waals surface area contributed by atoms with Gasteiger partial charge in [0.25, 0.3) is 5.91 Å². The van der Waals surface area contributed by atoms with E-state index in [1.54, 1.807) is 0 Å². The van der Waals surface area contributed by atoms with E-state index in [9.17, 15) is 4.79 Å². The van der Waals surface area contributed by atoms with Crippen LogP contribution in [0.5, 0.6) is 5.75 Å². The minimum Gasteiger partial charge on any atom is -0.487 e. The number of ether oxygens (including phenoxy) is 1. The predicted molar refractivity (Wildman–Crippen MR) is 157 cm³/mol. The molecule has 0 aliphatic carbocycles. The number of hydrogen-bond acceptors (Lipinski definition) is 4. The summed E-state index contributed by atoms with van der Waals surface area (Å²) in [5.41, 5.74) is 4.17. The lowest BCUT2D eigenvalue weighted by molar-refractivity contribution is -0.116. The van der Waals surface area contributed by atoms with Crippen LogP contribution in [0.25, 0.3) is 6.08 Å². The van der Waals surface area contributed by atoms with Gasteiger partial charge in [0.1, 0.15) is 12.4 Å². The van der Waals surface area contributed by atoms with E-state index in [-0.39, 0.29) is 11.4 Å². The first-order chi connectivity index (χ1) is 15.9. The monoisotopic (exact) mass is 746 g/mol. The number of anilines is 1. The molecule has 8 heteroatoms. The molecule has 0 radical (unpaired) electrons. The third-order valence-electron chi connectivity index (χ3n) is 5.01. The first kappa shape index (κ1) is 24.9. The molecule has 4 rings (SSSR count). The van der Waals surface area contributed by atoms with Gasteiger partial charge < -0.3 is 15.4 Å². The summed E-state index contributed by atoms with van der Waals surface area (Å²) < 4.78 is 9.17. The summed E-state index contributed by atoms with van der Waals surface area (Å²) in [7, 11) is 0. The van der Waals surface area contributed by atoms with E-state index < -0.39 is 0 Å². The lowest BCUT2D eigenvalue weighted by Gasteiger charge is -2.13. The lowest BCUT2D eigenvalue weighted by atomic mass is 10.1. The van der Waals surface area contributed by atoms with Crippen LogP contribution in [0.2, 0.25) is 0 Å². The molecule has 4 nitrogen and oxygen atoms in total. The van der Waals surface area contributed by atoms with Crippen LogP contribution in [-0.2, 0) is 17.8 Å². The number of amides is 1. The van der Waals surface area contributed by atoms with Crippen LogP contribution in [-0.4, -0.2) is 11.4 Å². The summed E-state index contributed by atoms with van der Waals surface area (Å²) in [5.74, 6) is 0.795. The first-order valence-corrected chi connectivity index (χ1v) is 14.2. The molecule has 3 aromatic carbocycles. The fourth-order valence-corrected chi connectivity index (χ4v) is 6.62. The number of hydrogen-bond donors (Lipinski definition) is 2. The van der Waals surface area contributed by atoms with Crippen LogP contribution < -0.4 is 15.4 Å². The van der Waals surface area contributed by atoms with Gasteiger partial charge in [-0.1, -0.05) is 58.9 Å². The van der Waals surface area contributed by atoms with Gasteiger partial charge in [0.05, 0.1) is 12.0 Å². The van der Waals surface area contributed by atoms with E-state index in [4.69, 9.17) is 4.74 Å². The maximum atomic E-state index is 12.5. The minimum absolute atomic E-state index is 0.0664. The maximum absolute atomic E-state index is 12.5. The Labute approximate surface area is 233 Å². The Morgan fingerprint density at radius 1 is 1.06 bits per heavy atom. The van der Waals surface area contributed by atoms with Crippen molar-refractivity contribution in [3.63, 3.8) is 0 Å². The second kappa shape index (κ2) is 11.5. The standard InChI is InChI=1S/C25H21BrI2N2O2S/c1-2-15-5-9-19(10-6-15)29-25-30-24(31)22(33-25)13-17-11-20(27)23(21(28)12-17)32-14-16-3-7-18(26)8-4-16/h3-13,25,29H,2,14H2,1H3,(H,30,31)/b22-13-/t25-/m0/s1. The summed E-state index contributed by atoms with van der Waals surface area (Å²) in [6, 6.07) is 20.5. The molecule has 1 aliphatic heterocycles. The number of carbonyl (C=O) groups excluding carboxylic acids is 1. The molecule has 0 saturated carbocycles. The van der Waals surface area contributed by atoms with Crippen LogP contribution in [0.4, 0.5) is 5.69 Å². The number of thioether (sulfide) groups is 1. The Morgan fingerprint density at radius 3 is 2.33 bits per heavy atom. The average Bonchev–Trinajstić information content (AvgIpc) is 3.13. The molecule has 1 heterocycles. The van der Waals surface area contributed by atoms with E-state index in [2.05, 4.69) is 90.8 Å². The molecule has 2 N–H and O–H groups in total. The lowest BCUT2D eigenvalue weighted by Crippen LogP contribution is -2.30. The predicted octanol–water partition coefficient (Wildman–Crippen LogP) is 7.40. The van der Waals surface area contributed by atoms with E-state index in [1.165, 1.54) is 17.3 Å². The minimum atomic E-state index is -0.192. The highest BCUT2D eigenvalue weighted by Crippen LogP contribution is 2.34. The van der Waals surface area contributed by atoms with Gasteiger partial charge >= 0.3 is 0 Å². The largest absolute Gasteiger partial charge is 0.487 e. The van der Waals surface area contributed by atoms with Gasteiger partial charge in [-0.25, -0.2) is 0 Å². The Balaban J connectivity index is 1.43. The van der Waals surface area contributed by atoms with Gasteiger partial charge in [0, 0.05) is 10.2 Å². The summed E-state index contributed by atoms with van der Waals surface area (Å²) in [6.45, 7) is 2.64. The molecule has 1 amide bonds. The zero-order valence-electron chi connectivity index (χ0n) is 17.7. The molecule has 0 aromatic heterocycles. The molecule has 33 heavy (non-hydrogen) atoms. The third kappa shape index (κ3) is 6.67. The molecule has 0 spiro atoms. The van der Waals surface area contributed by atoms with E-state index in [0.29, 0.717) is 11.5 Å². The third-order valence-corrected chi connectivity index (χ3v) is 8.17. The van der Waals surface area contributed by atoms with Crippen molar-refractivity contribution in [2.24, 2.45) is 0 Å². The molecule has 1 atom stereocenters. The second-order valence-corrected chi connectivity index (χ2v) is 11.8. The van der Waals surface area contributed by atoms with Crippen molar-refractivity contribution in [2.45, 2.75) is 25.4 Å². The number of halogens is 3. The van der Waals surface area contributed by atoms with Crippen LogP contribution >= 0.6 is 72.9 Å². The zero-order chi connectivity index (χ0) is 23.4. The van der Waals surface area contributed by atoms with Gasteiger partial charge in [-0.3, -0.25) is 4.79 Å². The number of nitrogens with one attached hydrogen (secondary N) is 2.